The van der Waals surface area contributed by atoms with E-state index in [0.29, 0.717) is 89.9 Å². The van der Waals surface area contributed by atoms with E-state index in [1.54, 1.807) is 6.08 Å². The first-order valence-electron chi connectivity index (χ1n) is 25.5. The molecule has 2 aromatic rings. The lowest BCUT2D eigenvalue weighted by molar-refractivity contribution is -0.144. The SMILES string of the molecule is C.CCCCC(F)(F)C(=O)CC[C@H]1CCC(=O)[C@@H]1CCCC/C=C/C(=O)O.CCCCC(F)(F)C(=O)CC[C@H]1CCC(=O)[C@@H]1CCCC/C=C/C(=O)O[Si](c1ccccc1)(c1ccccc1)C(C)(C)C. The third-order valence-corrected chi connectivity index (χ3v) is 18.8. The first-order chi connectivity index (χ1) is 32.7. The van der Waals surface area contributed by atoms with Crippen molar-refractivity contribution in [1.29, 1.82) is 0 Å². The zero-order chi connectivity index (χ0) is 51.1. The Labute approximate surface area is 417 Å². The second-order valence-electron chi connectivity index (χ2n) is 20.1. The molecule has 0 amide bonds. The van der Waals surface area contributed by atoms with E-state index in [1.807, 2.05) is 80.6 Å². The first-order valence-corrected chi connectivity index (χ1v) is 27.4. The summed E-state index contributed by atoms with van der Waals surface area (Å²) in [5.74, 6) is -9.78. The van der Waals surface area contributed by atoms with E-state index in [4.69, 9.17) is 9.53 Å². The summed E-state index contributed by atoms with van der Waals surface area (Å²) in [7, 11) is -2.97. The average Bonchev–Trinajstić information content (AvgIpc) is 3.86. The van der Waals surface area contributed by atoms with Crippen LogP contribution < -0.4 is 10.4 Å². The Kier molecular flexibility index (Phi) is 26.7. The van der Waals surface area contributed by atoms with Crippen LogP contribution in [0.2, 0.25) is 5.04 Å². The number of aliphatic carboxylic acids is 1. The number of unbranched alkanes of at least 4 members (excludes halogenated alkanes) is 6. The molecule has 70 heavy (non-hydrogen) atoms. The molecule has 0 unspecified atom stereocenters. The van der Waals surface area contributed by atoms with E-state index in [1.165, 1.54) is 6.08 Å². The molecule has 1 N–H and O–H groups in total. The number of carbonyl (C=O) groups is 6. The van der Waals surface area contributed by atoms with E-state index < -0.39 is 44.1 Å². The molecule has 390 valence electrons. The lowest BCUT2D eigenvalue weighted by Crippen LogP contribution is -2.67. The van der Waals surface area contributed by atoms with E-state index >= 15 is 0 Å². The van der Waals surface area contributed by atoms with Crippen LogP contribution in [0, 0.1) is 23.7 Å². The molecule has 13 heteroatoms. The van der Waals surface area contributed by atoms with Crippen molar-refractivity contribution in [3.05, 3.63) is 85.0 Å². The maximum Gasteiger partial charge on any atom is 0.327 e. The molecule has 2 aromatic carbocycles. The van der Waals surface area contributed by atoms with Crippen LogP contribution in [0.4, 0.5) is 17.6 Å². The van der Waals surface area contributed by atoms with Crippen LogP contribution >= 0.6 is 0 Å². The number of Topliss-reactive ketones (excluding diaryl/α,β-unsaturated/α-hetero) is 4. The van der Waals surface area contributed by atoms with E-state index in [-0.39, 0.29) is 72.9 Å². The Morgan fingerprint density at radius 1 is 0.629 bits per heavy atom. The van der Waals surface area contributed by atoms with Crippen molar-refractivity contribution in [2.45, 2.75) is 200 Å². The number of hydrogen-bond donors (Lipinski definition) is 1. The fourth-order valence-corrected chi connectivity index (χ4v) is 14.3. The van der Waals surface area contributed by atoms with Gasteiger partial charge in [-0.15, -0.1) is 0 Å². The summed E-state index contributed by atoms with van der Waals surface area (Å²) in [6.07, 6.45) is 15.7. The molecular formula is C57H82F4O8Si. The topological polar surface area (TPSA) is 132 Å². The number of halogens is 4. The highest BCUT2D eigenvalue weighted by molar-refractivity contribution is 7.00. The smallest absolute Gasteiger partial charge is 0.327 e. The van der Waals surface area contributed by atoms with Crippen molar-refractivity contribution < 1.29 is 55.9 Å². The highest BCUT2D eigenvalue weighted by Crippen LogP contribution is 2.40. The zero-order valence-corrected chi connectivity index (χ0v) is 42.8. The van der Waals surface area contributed by atoms with Crippen molar-refractivity contribution in [2.75, 3.05) is 0 Å². The van der Waals surface area contributed by atoms with Crippen molar-refractivity contribution >= 4 is 53.8 Å². The van der Waals surface area contributed by atoms with Crippen LogP contribution in [-0.4, -0.2) is 60.3 Å². The summed E-state index contributed by atoms with van der Waals surface area (Å²) in [4.78, 5) is 72.1. The van der Waals surface area contributed by atoms with Crippen LogP contribution in [0.25, 0.3) is 0 Å². The third-order valence-electron chi connectivity index (χ3n) is 13.9. The Morgan fingerprint density at radius 2 is 1.03 bits per heavy atom. The molecule has 2 fully saturated rings. The van der Waals surface area contributed by atoms with Gasteiger partial charge in [0.1, 0.15) is 11.6 Å². The number of carboxylic acid groups (broad SMARTS) is 1. The van der Waals surface area contributed by atoms with Gasteiger partial charge in [0.05, 0.1) is 0 Å². The van der Waals surface area contributed by atoms with Gasteiger partial charge in [-0.3, -0.25) is 19.2 Å². The van der Waals surface area contributed by atoms with Gasteiger partial charge < -0.3 is 9.53 Å². The number of ketones is 4. The molecule has 0 aromatic heterocycles. The Morgan fingerprint density at radius 3 is 1.40 bits per heavy atom. The van der Waals surface area contributed by atoms with Crippen LogP contribution in [-0.2, 0) is 33.2 Å². The molecule has 4 atom stereocenters. The molecular weight excluding hydrogens is 917 g/mol. The van der Waals surface area contributed by atoms with Gasteiger partial charge in [0, 0.05) is 62.5 Å². The van der Waals surface area contributed by atoms with Crippen LogP contribution in [0.5, 0.6) is 0 Å². The summed E-state index contributed by atoms with van der Waals surface area (Å²) in [6, 6.07) is 20.1. The first kappa shape index (κ1) is 61.6. The quantitative estimate of drug-likeness (QED) is 0.0369. The average molecular weight is 999 g/mol. The van der Waals surface area contributed by atoms with Gasteiger partial charge >= 0.3 is 32.1 Å². The van der Waals surface area contributed by atoms with Gasteiger partial charge in [-0.25, -0.2) is 9.59 Å². The molecule has 2 aliphatic carbocycles. The number of hydrogen-bond acceptors (Lipinski definition) is 7. The minimum atomic E-state index is -3.27. The van der Waals surface area contributed by atoms with Gasteiger partial charge in [0.2, 0.25) is 11.6 Å². The number of alkyl halides is 4. The normalized spacial score (nSPS) is 18.7. The van der Waals surface area contributed by atoms with Crippen molar-refractivity contribution in [3.63, 3.8) is 0 Å². The molecule has 0 bridgehead atoms. The highest BCUT2D eigenvalue weighted by Gasteiger charge is 2.53. The minimum Gasteiger partial charge on any atom is -0.506 e. The Balaban J connectivity index is 0.000000534. The molecule has 0 spiro atoms. The summed E-state index contributed by atoms with van der Waals surface area (Å²) in [6.45, 7) is 10.0. The van der Waals surface area contributed by atoms with Gasteiger partial charge in [-0.05, 0) is 104 Å². The molecule has 0 heterocycles. The Hall–Kier alpha value is -4.52. The van der Waals surface area contributed by atoms with Crippen LogP contribution in [0.1, 0.15) is 183 Å². The lowest BCUT2D eigenvalue weighted by Gasteiger charge is -2.41. The Bertz CT molecular complexity index is 1960. The fourth-order valence-electron chi connectivity index (χ4n) is 9.96. The van der Waals surface area contributed by atoms with Crippen molar-refractivity contribution in [2.24, 2.45) is 23.7 Å². The molecule has 0 radical (unpaired) electrons. The molecule has 0 aliphatic heterocycles. The molecule has 0 saturated heterocycles. The third kappa shape index (κ3) is 19.2. The number of benzene rings is 2. The van der Waals surface area contributed by atoms with Gasteiger partial charge in [0.25, 0.3) is 0 Å². The van der Waals surface area contributed by atoms with Crippen LogP contribution in [0.3, 0.4) is 0 Å². The van der Waals surface area contributed by atoms with E-state index in [0.717, 1.165) is 42.1 Å². The molecule has 2 aliphatic rings. The minimum absolute atomic E-state index is 0. The standard InChI is InChI=1S/C36H48F2O4Si.C20H30F2O4.CH4/c1-5-6-27-36(37,38)33(40)26-24-28-23-25-32(39)31(28)21-15-7-8-16-22-34(41)42-43(35(2,3)4,29-17-11-9-12-18-29)30-19-13-10-14-20-30;1-2-3-14-20(21,22)18(24)13-11-15-10-12-17(23)16(15)8-6-4-5-7-9-19(25)26;/h9-14,16-20,22,28,31H,5-8,15,21,23-27H2,1-4H3;7,9,15-16H,2-6,8,10-14H2,1H3,(H,25,26);1H4/b22-16+;9-7+;/t28-,31-;15-,16-;/m11./s1. The molecule has 2 saturated carbocycles. The maximum atomic E-state index is 14.1. The van der Waals surface area contributed by atoms with Crippen molar-refractivity contribution in [3.8, 4) is 0 Å². The predicted octanol–water partition coefficient (Wildman–Crippen LogP) is 13.6. The largest absolute Gasteiger partial charge is 0.506 e. The number of allylic oxidation sites excluding steroid dienone is 2. The number of rotatable bonds is 29. The number of carboxylic acids is 1. The summed E-state index contributed by atoms with van der Waals surface area (Å²) < 4.78 is 62.2. The maximum absolute atomic E-state index is 14.1. The molecule has 4 rings (SSSR count). The lowest BCUT2D eigenvalue weighted by atomic mass is 9.86. The van der Waals surface area contributed by atoms with E-state index in [2.05, 4.69) is 20.8 Å². The fraction of sp³-hybridized carbons (Fsp3) is 0.614. The van der Waals surface area contributed by atoms with Gasteiger partial charge in [-0.2, -0.15) is 17.6 Å². The second-order valence-corrected chi connectivity index (χ2v) is 24.3. The van der Waals surface area contributed by atoms with Crippen LogP contribution in [0.15, 0.2) is 85.0 Å². The second kappa shape index (κ2) is 30.4. The number of carbonyl (C=O) groups excluding carboxylic acids is 5. The van der Waals surface area contributed by atoms with E-state index in [9.17, 15) is 46.3 Å². The summed E-state index contributed by atoms with van der Waals surface area (Å²) >= 11 is 0. The molecule has 8 nitrogen and oxygen atoms in total. The zero-order valence-electron chi connectivity index (χ0n) is 41.8. The monoisotopic (exact) mass is 999 g/mol. The van der Waals surface area contributed by atoms with Gasteiger partial charge in [0.15, 0.2) is 0 Å². The van der Waals surface area contributed by atoms with Crippen molar-refractivity contribution in [1.82, 2.24) is 0 Å². The summed E-state index contributed by atoms with van der Waals surface area (Å²) in [5.41, 5.74) is 0. The highest BCUT2D eigenvalue weighted by atomic mass is 28.4. The predicted molar refractivity (Wildman–Crippen MR) is 273 cm³/mol. The van der Waals surface area contributed by atoms with Gasteiger partial charge in [-0.1, -0.05) is 141 Å². The summed E-state index contributed by atoms with van der Waals surface area (Å²) in [5, 5.41) is 10.3.